The standard InChI is InChI=1S/C17H29NO/c1-13(7-6-12-19)18-14(2)15-8-10-16(11-9-15)17(3,4)5/h8-11,13-14,18-19H,6-7,12H2,1-5H3. The van der Waals surface area contributed by atoms with E-state index in [1.807, 2.05) is 0 Å². The Kier molecular flexibility index (Phi) is 6.02. The van der Waals surface area contributed by atoms with Crippen LogP contribution in [-0.2, 0) is 5.41 Å². The quantitative estimate of drug-likeness (QED) is 0.818. The number of aliphatic hydroxyl groups is 1. The first-order valence-electron chi connectivity index (χ1n) is 7.32. The Morgan fingerprint density at radius 2 is 1.68 bits per heavy atom. The lowest BCUT2D eigenvalue weighted by Crippen LogP contribution is -2.29. The Labute approximate surface area is 118 Å². The lowest BCUT2D eigenvalue weighted by Gasteiger charge is -2.22. The van der Waals surface area contributed by atoms with Gasteiger partial charge in [0.25, 0.3) is 0 Å². The molecule has 0 radical (unpaired) electrons. The van der Waals surface area contributed by atoms with Crippen molar-refractivity contribution in [2.45, 2.75) is 65.0 Å². The van der Waals surface area contributed by atoms with Crippen molar-refractivity contribution < 1.29 is 5.11 Å². The Bertz CT molecular complexity index is 364. The highest BCUT2D eigenvalue weighted by Crippen LogP contribution is 2.24. The molecule has 1 rings (SSSR count). The van der Waals surface area contributed by atoms with Crippen molar-refractivity contribution in [2.75, 3.05) is 6.61 Å². The summed E-state index contributed by atoms with van der Waals surface area (Å²) >= 11 is 0. The number of hydrogen-bond donors (Lipinski definition) is 2. The summed E-state index contributed by atoms with van der Waals surface area (Å²) in [6.45, 7) is 11.4. The molecule has 0 aliphatic rings. The van der Waals surface area contributed by atoms with Crippen LogP contribution in [0.1, 0.15) is 64.6 Å². The summed E-state index contributed by atoms with van der Waals surface area (Å²) in [7, 11) is 0. The van der Waals surface area contributed by atoms with Gasteiger partial charge in [-0.1, -0.05) is 45.0 Å². The van der Waals surface area contributed by atoms with Crippen molar-refractivity contribution in [2.24, 2.45) is 0 Å². The molecule has 0 bridgehead atoms. The predicted octanol–water partition coefficient (Wildman–Crippen LogP) is 3.80. The van der Waals surface area contributed by atoms with Gasteiger partial charge in [-0.05, 0) is 43.2 Å². The Balaban J connectivity index is 2.60. The third kappa shape index (κ3) is 5.33. The molecule has 108 valence electrons. The fraction of sp³-hybridized carbons (Fsp3) is 0.647. The van der Waals surface area contributed by atoms with E-state index in [2.05, 4.69) is 64.2 Å². The van der Waals surface area contributed by atoms with Gasteiger partial charge in [-0.3, -0.25) is 0 Å². The second-order valence-corrected chi connectivity index (χ2v) is 6.53. The molecule has 2 N–H and O–H groups in total. The van der Waals surface area contributed by atoms with Gasteiger partial charge in [0.1, 0.15) is 0 Å². The predicted molar refractivity (Wildman–Crippen MR) is 82.5 cm³/mol. The maximum Gasteiger partial charge on any atom is 0.0431 e. The van der Waals surface area contributed by atoms with Crippen molar-refractivity contribution in [1.82, 2.24) is 5.32 Å². The second kappa shape index (κ2) is 7.06. The first-order chi connectivity index (χ1) is 8.84. The van der Waals surface area contributed by atoms with Crippen LogP contribution in [0, 0.1) is 0 Å². The summed E-state index contributed by atoms with van der Waals surface area (Å²) in [6, 6.07) is 9.68. The van der Waals surface area contributed by atoms with Gasteiger partial charge >= 0.3 is 0 Å². The first-order valence-corrected chi connectivity index (χ1v) is 7.32. The number of aliphatic hydroxyl groups excluding tert-OH is 1. The van der Waals surface area contributed by atoms with Gasteiger partial charge in [-0.15, -0.1) is 0 Å². The van der Waals surface area contributed by atoms with Crippen LogP contribution < -0.4 is 5.32 Å². The molecule has 0 aliphatic carbocycles. The van der Waals surface area contributed by atoms with E-state index in [4.69, 9.17) is 5.11 Å². The van der Waals surface area contributed by atoms with Crippen molar-refractivity contribution in [3.05, 3.63) is 35.4 Å². The fourth-order valence-corrected chi connectivity index (χ4v) is 2.28. The third-order valence-electron chi connectivity index (χ3n) is 3.61. The molecule has 0 aromatic heterocycles. The number of rotatable bonds is 6. The monoisotopic (exact) mass is 263 g/mol. The molecule has 2 unspecified atom stereocenters. The summed E-state index contributed by atoms with van der Waals surface area (Å²) in [5.41, 5.74) is 2.91. The molecule has 1 aromatic rings. The number of benzene rings is 1. The molecule has 2 nitrogen and oxygen atoms in total. The summed E-state index contributed by atoms with van der Waals surface area (Å²) < 4.78 is 0. The van der Waals surface area contributed by atoms with Crippen molar-refractivity contribution in [3.8, 4) is 0 Å². The molecular formula is C17H29NO. The van der Waals surface area contributed by atoms with Gasteiger partial charge in [0.15, 0.2) is 0 Å². The van der Waals surface area contributed by atoms with Crippen LogP contribution in [0.25, 0.3) is 0 Å². The van der Waals surface area contributed by atoms with E-state index < -0.39 is 0 Å². The van der Waals surface area contributed by atoms with E-state index in [1.54, 1.807) is 0 Å². The van der Waals surface area contributed by atoms with Gasteiger partial charge in [0.2, 0.25) is 0 Å². The van der Waals surface area contributed by atoms with Crippen molar-refractivity contribution in [1.29, 1.82) is 0 Å². The SMILES string of the molecule is CC(CCCO)NC(C)c1ccc(C(C)(C)C)cc1. The maximum absolute atomic E-state index is 8.85. The van der Waals surface area contributed by atoms with Crippen LogP contribution in [0.15, 0.2) is 24.3 Å². The largest absolute Gasteiger partial charge is 0.396 e. The molecule has 0 saturated heterocycles. The normalized spacial score (nSPS) is 15.3. The summed E-state index contributed by atoms with van der Waals surface area (Å²) in [6.07, 6.45) is 1.88. The van der Waals surface area contributed by atoms with Gasteiger partial charge in [0, 0.05) is 18.7 Å². The Morgan fingerprint density at radius 1 is 1.11 bits per heavy atom. The van der Waals surface area contributed by atoms with E-state index in [-0.39, 0.29) is 12.0 Å². The van der Waals surface area contributed by atoms with Gasteiger partial charge in [-0.25, -0.2) is 0 Å². The smallest absolute Gasteiger partial charge is 0.0431 e. The molecule has 0 fully saturated rings. The van der Waals surface area contributed by atoms with Crippen LogP contribution in [0.2, 0.25) is 0 Å². The van der Waals surface area contributed by atoms with Gasteiger partial charge < -0.3 is 10.4 Å². The molecule has 2 atom stereocenters. The van der Waals surface area contributed by atoms with Crippen molar-refractivity contribution in [3.63, 3.8) is 0 Å². The highest BCUT2D eigenvalue weighted by Gasteiger charge is 2.14. The van der Waals surface area contributed by atoms with Crippen LogP contribution in [0.4, 0.5) is 0 Å². The van der Waals surface area contributed by atoms with E-state index in [9.17, 15) is 0 Å². The summed E-state index contributed by atoms with van der Waals surface area (Å²) in [5.74, 6) is 0. The molecule has 0 spiro atoms. The average molecular weight is 263 g/mol. The molecule has 2 heteroatoms. The highest BCUT2D eigenvalue weighted by atomic mass is 16.2. The van der Waals surface area contributed by atoms with Crippen LogP contribution in [0.3, 0.4) is 0 Å². The molecular weight excluding hydrogens is 234 g/mol. The van der Waals surface area contributed by atoms with E-state index >= 15 is 0 Å². The van der Waals surface area contributed by atoms with Crippen LogP contribution >= 0.6 is 0 Å². The minimum Gasteiger partial charge on any atom is -0.396 e. The zero-order valence-corrected chi connectivity index (χ0v) is 13.0. The topological polar surface area (TPSA) is 32.3 Å². The zero-order valence-electron chi connectivity index (χ0n) is 13.0. The molecule has 0 aliphatic heterocycles. The molecule has 0 heterocycles. The third-order valence-corrected chi connectivity index (χ3v) is 3.61. The van der Waals surface area contributed by atoms with Crippen molar-refractivity contribution >= 4 is 0 Å². The van der Waals surface area contributed by atoms with Gasteiger partial charge in [-0.2, -0.15) is 0 Å². The minimum absolute atomic E-state index is 0.212. The number of nitrogens with one attached hydrogen (secondary N) is 1. The minimum atomic E-state index is 0.212. The zero-order chi connectivity index (χ0) is 14.5. The Morgan fingerprint density at radius 3 is 2.16 bits per heavy atom. The van der Waals surface area contributed by atoms with E-state index in [0.717, 1.165) is 12.8 Å². The summed E-state index contributed by atoms with van der Waals surface area (Å²) in [4.78, 5) is 0. The molecule has 19 heavy (non-hydrogen) atoms. The second-order valence-electron chi connectivity index (χ2n) is 6.53. The van der Waals surface area contributed by atoms with Gasteiger partial charge in [0.05, 0.1) is 0 Å². The fourth-order valence-electron chi connectivity index (χ4n) is 2.28. The highest BCUT2D eigenvalue weighted by molar-refractivity contribution is 5.29. The number of hydrogen-bond acceptors (Lipinski definition) is 2. The van der Waals surface area contributed by atoms with Crippen LogP contribution in [0.5, 0.6) is 0 Å². The first kappa shape index (κ1) is 16.2. The summed E-state index contributed by atoms with van der Waals surface area (Å²) in [5, 5.41) is 12.4. The van der Waals surface area contributed by atoms with E-state index in [0.29, 0.717) is 12.1 Å². The lowest BCUT2D eigenvalue weighted by molar-refractivity contribution is 0.274. The molecule has 0 saturated carbocycles. The molecule has 0 amide bonds. The van der Waals surface area contributed by atoms with Crippen LogP contribution in [-0.4, -0.2) is 17.8 Å². The van der Waals surface area contributed by atoms with E-state index in [1.165, 1.54) is 11.1 Å². The average Bonchev–Trinajstić information content (AvgIpc) is 2.35. The maximum atomic E-state index is 8.85. The lowest BCUT2D eigenvalue weighted by atomic mass is 9.86. The molecule has 1 aromatic carbocycles. The Hall–Kier alpha value is -0.860.